The van der Waals surface area contributed by atoms with Crippen LogP contribution in [-0.2, 0) is 14.3 Å². The van der Waals surface area contributed by atoms with Gasteiger partial charge in [-0.15, -0.1) is 0 Å². The van der Waals surface area contributed by atoms with E-state index in [1.165, 1.54) is 4.90 Å². The summed E-state index contributed by atoms with van der Waals surface area (Å²) in [5.41, 5.74) is -0.766. The third kappa shape index (κ3) is 4.11. The molecule has 1 aliphatic rings. The molecule has 0 bridgehead atoms. The minimum Gasteiger partial charge on any atom is -0.481 e. The van der Waals surface area contributed by atoms with Crippen LogP contribution < -0.4 is 5.32 Å². The molecule has 7 heteroatoms. The monoisotopic (exact) mass is 272 g/mol. The highest BCUT2D eigenvalue weighted by molar-refractivity contribution is 5.81. The number of hydrogen-bond acceptors (Lipinski definition) is 4. The van der Waals surface area contributed by atoms with Crippen molar-refractivity contribution >= 4 is 18.0 Å². The lowest BCUT2D eigenvalue weighted by Crippen LogP contribution is -2.49. The van der Waals surface area contributed by atoms with E-state index in [0.29, 0.717) is 25.9 Å². The second-order valence-corrected chi connectivity index (χ2v) is 4.82. The smallest absolute Gasteiger partial charge is 0.325 e. The molecule has 1 rings (SSSR count). The van der Waals surface area contributed by atoms with E-state index >= 15 is 0 Å². The molecule has 0 saturated carbocycles. The first-order chi connectivity index (χ1) is 8.89. The van der Waals surface area contributed by atoms with E-state index in [1.807, 2.05) is 0 Å². The number of rotatable bonds is 4. The molecule has 1 saturated heterocycles. The summed E-state index contributed by atoms with van der Waals surface area (Å²) in [6.45, 7) is 4.23. The summed E-state index contributed by atoms with van der Waals surface area (Å²) < 4.78 is 4.69. The van der Waals surface area contributed by atoms with Gasteiger partial charge in [-0.05, 0) is 26.7 Å². The molecular formula is C12H20N2O5. The van der Waals surface area contributed by atoms with Crippen LogP contribution in [0.2, 0.25) is 0 Å². The SMILES string of the molecule is CCOC(=O)CNC(=O)N1CCC(C)(C(=O)O)CC1. The number of aliphatic carboxylic acids is 1. The van der Waals surface area contributed by atoms with Crippen LogP contribution in [0.15, 0.2) is 0 Å². The zero-order chi connectivity index (χ0) is 14.5. The molecule has 2 amide bonds. The first-order valence-electron chi connectivity index (χ1n) is 6.31. The number of esters is 1. The Bertz CT molecular complexity index is 361. The highest BCUT2D eigenvalue weighted by Crippen LogP contribution is 2.30. The molecule has 19 heavy (non-hydrogen) atoms. The van der Waals surface area contributed by atoms with Crippen molar-refractivity contribution in [2.75, 3.05) is 26.2 Å². The van der Waals surface area contributed by atoms with Crippen LogP contribution >= 0.6 is 0 Å². The topological polar surface area (TPSA) is 95.9 Å². The van der Waals surface area contributed by atoms with Gasteiger partial charge in [0.15, 0.2) is 0 Å². The fourth-order valence-corrected chi connectivity index (χ4v) is 1.89. The van der Waals surface area contributed by atoms with Crippen LogP contribution in [-0.4, -0.2) is 54.2 Å². The number of amides is 2. The zero-order valence-corrected chi connectivity index (χ0v) is 11.3. The van der Waals surface area contributed by atoms with E-state index in [4.69, 9.17) is 9.84 Å². The van der Waals surface area contributed by atoms with Gasteiger partial charge in [-0.1, -0.05) is 0 Å². The molecule has 0 aromatic carbocycles. The summed E-state index contributed by atoms with van der Waals surface area (Å²) in [4.78, 5) is 35.4. The fraction of sp³-hybridized carbons (Fsp3) is 0.750. The van der Waals surface area contributed by atoms with E-state index in [9.17, 15) is 14.4 Å². The third-order valence-electron chi connectivity index (χ3n) is 3.36. The Balaban J connectivity index is 2.37. The Labute approximate surface area is 111 Å². The van der Waals surface area contributed by atoms with Crippen molar-refractivity contribution in [1.29, 1.82) is 0 Å². The maximum Gasteiger partial charge on any atom is 0.325 e. The van der Waals surface area contributed by atoms with Crippen LogP contribution in [0.5, 0.6) is 0 Å². The van der Waals surface area contributed by atoms with Gasteiger partial charge in [0.1, 0.15) is 6.54 Å². The van der Waals surface area contributed by atoms with Gasteiger partial charge in [0.25, 0.3) is 0 Å². The van der Waals surface area contributed by atoms with E-state index in [0.717, 1.165) is 0 Å². The number of carbonyl (C=O) groups is 3. The summed E-state index contributed by atoms with van der Waals surface area (Å²) in [7, 11) is 0. The van der Waals surface area contributed by atoms with Gasteiger partial charge >= 0.3 is 18.0 Å². The van der Waals surface area contributed by atoms with Gasteiger partial charge < -0.3 is 20.1 Å². The molecule has 1 aliphatic heterocycles. The maximum atomic E-state index is 11.7. The van der Waals surface area contributed by atoms with Crippen molar-refractivity contribution in [3.8, 4) is 0 Å². The Morgan fingerprint density at radius 2 is 1.89 bits per heavy atom. The lowest BCUT2D eigenvalue weighted by molar-refractivity contribution is -0.150. The summed E-state index contributed by atoms with van der Waals surface area (Å²) in [6, 6.07) is -0.361. The predicted molar refractivity (Wildman–Crippen MR) is 66.6 cm³/mol. The summed E-state index contributed by atoms with van der Waals surface area (Å²) >= 11 is 0. The lowest BCUT2D eigenvalue weighted by Gasteiger charge is -2.36. The Morgan fingerprint density at radius 3 is 2.37 bits per heavy atom. The molecule has 108 valence electrons. The van der Waals surface area contributed by atoms with Crippen molar-refractivity contribution < 1.29 is 24.2 Å². The highest BCUT2D eigenvalue weighted by Gasteiger charge is 2.38. The predicted octanol–water partition coefficient (Wildman–Crippen LogP) is 0.446. The van der Waals surface area contributed by atoms with Gasteiger partial charge in [0.2, 0.25) is 0 Å². The minimum absolute atomic E-state index is 0.167. The van der Waals surface area contributed by atoms with Gasteiger partial charge in [-0.25, -0.2) is 4.79 Å². The van der Waals surface area contributed by atoms with E-state index in [2.05, 4.69) is 5.32 Å². The number of carbonyl (C=O) groups excluding carboxylic acids is 2. The van der Waals surface area contributed by atoms with E-state index < -0.39 is 17.4 Å². The van der Waals surface area contributed by atoms with Crippen molar-refractivity contribution in [2.24, 2.45) is 5.41 Å². The van der Waals surface area contributed by atoms with E-state index in [1.54, 1.807) is 13.8 Å². The molecule has 0 aromatic rings. The second kappa shape index (κ2) is 6.40. The third-order valence-corrected chi connectivity index (χ3v) is 3.36. The standard InChI is InChI=1S/C12H20N2O5/c1-3-19-9(15)8-13-11(18)14-6-4-12(2,5-7-14)10(16)17/h3-8H2,1-2H3,(H,13,18)(H,16,17). The fourth-order valence-electron chi connectivity index (χ4n) is 1.89. The first-order valence-corrected chi connectivity index (χ1v) is 6.31. The maximum absolute atomic E-state index is 11.7. The molecule has 1 heterocycles. The molecule has 0 atom stereocenters. The number of carboxylic acids is 1. The molecule has 0 spiro atoms. The number of hydrogen-bond donors (Lipinski definition) is 2. The molecule has 7 nitrogen and oxygen atoms in total. The van der Waals surface area contributed by atoms with Crippen LogP contribution in [0.3, 0.4) is 0 Å². The van der Waals surface area contributed by atoms with Crippen molar-refractivity contribution in [3.63, 3.8) is 0 Å². The molecule has 1 fully saturated rings. The van der Waals surface area contributed by atoms with E-state index in [-0.39, 0.29) is 19.2 Å². The first kappa shape index (κ1) is 15.3. The van der Waals surface area contributed by atoms with Gasteiger partial charge in [-0.3, -0.25) is 9.59 Å². The van der Waals surface area contributed by atoms with Crippen molar-refractivity contribution in [1.82, 2.24) is 10.2 Å². The Hall–Kier alpha value is -1.79. The minimum atomic E-state index is -0.834. The molecule has 0 aromatic heterocycles. The summed E-state index contributed by atoms with van der Waals surface area (Å²) in [5.74, 6) is -1.32. The molecule has 0 unspecified atom stereocenters. The van der Waals surface area contributed by atoms with Crippen LogP contribution in [0.25, 0.3) is 0 Å². The number of ether oxygens (including phenoxy) is 1. The molecule has 2 N–H and O–H groups in total. The number of urea groups is 1. The van der Waals surface area contributed by atoms with Gasteiger partial charge in [0.05, 0.1) is 12.0 Å². The van der Waals surface area contributed by atoms with Crippen molar-refractivity contribution in [3.05, 3.63) is 0 Å². The number of piperidine rings is 1. The summed E-state index contributed by atoms with van der Waals surface area (Å²) in [5, 5.41) is 11.5. The molecular weight excluding hydrogens is 252 g/mol. The van der Waals surface area contributed by atoms with Crippen molar-refractivity contribution in [2.45, 2.75) is 26.7 Å². The number of carboxylic acid groups (broad SMARTS) is 1. The molecule has 0 aliphatic carbocycles. The number of nitrogens with zero attached hydrogens (tertiary/aromatic N) is 1. The normalized spacial score (nSPS) is 17.7. The zero-order valence-electron chi connectivity index (χ0n) is 11.3. The number of nitrogens with one attached hydrogen (secondary N) is 1. The quantitative estimate of drug-likeness (QED) is 0.724. The van der Waals surface area contributed by atoms with Crippen LogP contribution in [0.4, 0.5) is 4.79 Å². The van der Waals surface area contributed by atoms with Crippen LogP contribution in [0.1, 0.15) is 26.7 Å². The van der Waals surface area contributed by atoms with Gasteiger partial charge in [-0.2, -0.15) is 0 Å². The number of likely N-dealkylation sites (tertiary alicyclic amines) is 1. The van der Waals surface area contributed by atoms with Crippen LogP contribution in [0, 0.1) is 5.41 Å². The second-order valence-electron chi connectivity index (χ2n) is 4.82. The lowest BCUT2D eigenvalue weighted by atomic mass is 9.80. The Kier molecular flexibility index (Phi) is 5.14. The summed E-state index contributed by atoms with van der Waals surface area (Å²) in [6.07, 6.45) is 0.824. The largest absolute Gasteiger partial charge is 0.481 e. The highest BCUT2D eigenvalue weighted by atomic mass is 16.5. The average molecular weight is 272 g/mol. The average Bonchev–Trinajstić information content (AvgIpc) is 2.37. The van der Waals surface area contributed by atoms with Gasteiger partial charge in [0, 0.05) is 13.1 Å². The molecule has 0 radical (unpaired) electrons. The Morgan fingerprint density at radius 1 is 1.32 bits per heavy atom.